The fraction of sp³-hybridized carbons (Fsp3) is 0.750. The van der Waals surface area contributed by atoms with E-state index in [0.717, 1.165) is 32.6 Å². The normalized spacial score (nSPS) is 27.1. The summed E-state index contributed by atoms with van der Waals surface area (Å²) < 4.78 is 48.6. The van der Waals surface area contributed by atoms with Gasteiger partial charge in [-0.1, -0.05) is 19.8 Å². The molecule has 1 saturated heterocycles. The van der Waals surface area contributed by atoms with Gasteiger partial charge in [-0.25, -0.2) is 13.1 Å². The van der Waals surface area contributed by atoms with E-state index in [4.69, 9.17) is 21.1 Å². The van der Waals surface area contributed by atoms with Crippen LogP contribution in [0.4, 0.5) is 5.82 Å². The molecular weight excluding hydrogens is 553 g/mol. The van der Waals surface area contributed by atoms with Crippen LogP contribution < -0.4 is 5.32 Å². The van der Waals surface area contributed by atoms with Crippen LogP contribution in [-0.2, 0) is 23.9 Å². The maximum absolute atomic E-state index is 12.1. The van der Waals surface area contributed by atoms with Gasteiger partial charge in [-0.15, -0.1) is 0 Å². The molecule has 0 radical (unpaired) electrons. The number of fused-ring (bicyclic) bond motifs is 1. The minimum atomic E-state index is -5.07. The van der Waals surface area contributed by atoms with E-state index < -0.39 is 59.7 Å². The molecule has 37 heavy (non-hydrogen) atoms. The van der Waals surface area contributed by atoms with Gasteiger partial charge in [0.1, 0.15) is 24.1 Å². The SMILES string of the molecule is CCS(=O)(=O)C[C@](C)(OC[C@H]1O[C@@H](n2ncc3c(NC4CCCC4)nc(Cl)nc32)[C@H](O)[C@@H]1O)P(=O)(O)O. The van der Waals surface area contributed by atoms with Crippen LogP contribution in [0.25, 0.3) is 11.0 Å². The van der Waals surface area contributed by atoms with Gasteiger partial charge in [-0.3, -0.25) is 4.57 Å². The van der Waals surface area contributed by atoms with Crippen molar-refractivity contribution in [3.8, 4) is 0 Å². The molecular formula is C20H31ClN5O9PS. The fourth-order valence-electron chi connectivity index (χ4n) is 4.51. The van der Waals surface area contributed by atoms with Gasteiger partial charge in [0, 0.05) is 11.8 Å². The number of nitrogens with one attached hydrogen (secondary N) is 1. The number of anilines is 1. The lowest BCUT2D eigenvalue weighted by molar-refractivity contribution is -0.0899. The van der Waals surface area contributed by atoms with Crippen molar-refractivity contribution in [2.24, 2.45) is 0 Å². The van der Waals surface area contributed by atoms with E-state index in [-0.39, 0.29) is 22.7 Å². The highest BCUT2D eigenvalue weighted by atomic mass is 35.5. The zero-order valence-corrected chi connectivity index (χ0v) is 22.7. The number of aromatic nitrogens is 4. The van der Waals surface area contributed by atoms with Crippen molar-refractivity contribution in [1.29, 1.82) is 0 Å². The lowest BCUT2D eigenvalue weighted by atomic mass is 10.1. The molecule has 208 valence electrons. The molecule has 14 nitrogen and oxygen atoms in total. The van der Waals surface area contributed by atoms with Gasteiger partial charge in [0.25, 0.3) is 0 Å². The van der Waals surface area contributed by atoms with Crippen molar-refractivity contribution < 1.29 is 42.5 Å². The second-order valence-corrected chi connectivity index (χ2v) is 14.3. The lowest BCUT2D eigenvalue weighted by Gasteiger charge is -2.31. The highest BCUT2D eigenvalue weighted by molar-refractivity contribution is 7.91. The second kappa shape index (κ2) is 10.6. The van der Waals surface area contributed by atoms with E-state index in [2.05, 4.69) is 20.4 Å². The lowest BCUT2D eigenvalue weighted by Crippen LogP contribution is -2.42. The number of sulfone groups is 1. The third kappa shape index (κ3) is 5.94. The van der Waals surface area contributed by atoms with E-state index in [9.17, 15) is 33.0 Å². The minimum absolute atomic E-state index is 0.0581. The molecule has 5 atom stereocenters. The number of nitrogens with zero attached hydrogens (tertiary/aromatic N) is 4. The Morgan fingerprint density at radius 2 is 1.95 bits per heavy atom. The Morgan fingerprint density at radius 1 is 1.27 bits per heavy atom. The first kappa shape index (κ1) is 28.6. The average Bonchev–Trinajstić information content (AvgIpc) is 3.53. The standard InChI is InChI=1S/C20H31ClN5O9PS/c1-3-37(32,33)10-20(2,36(29,30)31)34-9-13-14(27)15(28)18(35-13)26-17-12(8-22-26)16(24-19(21)25-17)23-11-6-4-5-7-11/h8,11,13-15,18,27-28H,3-7,9-10H2,1-2H3,(H,23,24,25)(H2,29,30,31)/t13-,14-,15-,18-,20-/m1/s1. The number of aliphatic hydroxyl groups excluding tert-OH is 2. The van der Waals surface area contributed by atoms with Gasteiger partial charge >= 0.3 is 7.60 Å². The summed E-state index contributed by atoms with van der Waals surface area (Å²) in [6.45, 7) is 1.72. The van der Waals surface area contributed by atoms with Crippen molar-refractivity contribution in [2.75, 3.05) is 23.4 Å². The summed E-state index contributed by atoms with van der Waals surface area (Å²) in [5.41, 5.74) is 0.243. The third-order valence-corrected chi connectivity index (χ3v) is 10.6. The molecule has 5 N–H and O–H groups in total. The molecule has 2 fully saturated rings. The largest absolute Gasteiger partial charge is 0.387 e. The molecule has 0 bridgehead atoms. The Hall–Kier alpha value is -1.42. The van der Waals surface area contributed by atoms with Crippen LogP contribution in [-0.4, -0.2) is 96.0 Å². The summed E-state index contributed by atoms with van der Waals surface area (Å²) in [4.78, 5) is 28.0. The third-order valence-electron chi connectivity index (χ3n) is 6.80. The van der Waals surface area contributed by atoms with Crippen molar-refractivity contribution in [3.63, 3.8) is 0 Å². The van der Waals surface area contributed by atoms with Gasteiger partial charge in [0.15, 0.2) is 27.1 Å². The van der Waals surface area contributed by atoms with E-state index in [1.54, 1.807) is 0 Å². The van der Waals surface area contributed by atoms with Crippen molar-refractivity contribution in [2.45, 2.75) is 75.5 Å². The maximum Gasteiger partial charge on any atom is 0.357 e. The van der Waals surface area contributed by atoms with E-state index in [1.807, 2.05) is 0 Å². The zero-order valence-electron chi connectivity index (χ0n) is 20.3. The Morgan fingerprint density at radius 3 is 2.57 bits per heavy atom. The molecule has 2 aromatic rings. The van der Waals surface area contributed by atoms with E-state index in [0.29, 0.717) is 11.2 Å². The summed E-state index contributed by atoms with van der Waals surface area (Å²) in [5, 5.41) is 27.0. The van der Waals surface area contributed by atoms with Crippen molar-refractivity contribution >= 4 is 45.9 Å². The molecule has 17 heteroatoms. The first-order valence-corrected chi connectivity index (χ1v) is 15.6. The average molecular weight is 584 g/mol. The number of aliphatic hydroxyl groups is 2. The first-order valence-electron chi connectivity index (χ1n) is 11.8. The Balaban J connectivity index is 1.55. The summed E-state index contributed by atoms with van der Waals surface area (Å²) in [6.07, 6.45) is 0.108. The number of halogens is 1. The van der Waals surface area contributed by atoms with Crippen LogP contribution >= 0.6 is 19.2 Å². The predicted molar refractivity (Wildman–Crippen MR) is 133 cm³/mol. The summed E-state index contributed by atoms with van der Waals surface area (Å²) in [6, 6.07) is 0.231. The van der Waals surface area contributed by atoms with Crippen LogP contribution in [0.3, 0.4) is 0 Å². The number of rotatable bonds is 10. The summed E-state index contributed by atoms with van der Waals surface area (Å²) in [7, 11) is -8.90. The van der Waals surface area contributed by atoms with Crippen LogP contribution in [0.5, 0.6) is 0 Å². The van der Waals surface area contributed by atoms with Crippen LogP contribution in [0, 0.1) is 0 Å². The Kier molecular flexibility index (Phi) is 8.21. The first-order chi connectivity index (χ1) is 17.2. The molecule has 0 unspecified atom stereocenters. The molecule has 4 rings (SSSR count). The molecule has 0 amide bonds. The van der Waals surface area contributed by atoms with Gasteiger partial charge in [-0.2, -0.15) is 15.1 Å². The van der Waals surface area contributed by atoms with Crippen LogP contribution in [0.1, 0.15) is 45.8 Å². The maximum atomic E-state index is 12.1. The topological polar surface area (TPSA) is 206 Å². The van der Waals surface area contributed by atoms with E-state index in [1.165, 1.54) is 17.8 Å². The zero-order chi connectivity index (χ0) is 27.2. The van der Waals surface area contributed by atoms with Gasteiger partial charge in [0.05, 0.1) is 23.9 Å². The van der Waals surface area contributed by atoms with Gasteiger partial charge in [0.2, 0.25) is 5.28 Å². The molecule has 1 aliphatic carbocycles. The van der Waals surface area contributed by atoms with Crippen molar-refractivity contribution in [1.82, 2.24) is 19.7 Å². The minimum Gasteiger partial charge on any atom is -0.387 e. The monoisotopic (exact) mass is 583 g/mol. The highest BCUT2D eigenvalue weighted by Crippen LogP contribution is 2.52. The second-order valence-electron chi connectivity index (χ2n) is 9.55. The van der Waals surface area contributed by atoms with Gasteiger partial charge in [-0.05, 0) is 31.4 Å². The summed E-state index contributed by atoms with van der Waals surface area (Å²) in [5.74, 6) is -0.800. The molecule has 1 saturated carbocycles. The summed E-state index contributed by atoms with van der Waals surface area (Å²) >= 11 is 6.15. The Labute approximate surface area is 218 Å². The fourth-order valence-corrected chi connectivity index (χ4v) is 7.28. The van der Waals surface area contributed by atoms with Crippen LogP contribution in [0.2, 0.25) is 5.28 Å². The molecule has 0 spiro atoms. The molecule has 1 aliphatic heterocycles. The highest BCUT2D eigenvalue weighted by Gasteiger charge is 2.50. The quantitative estimate of drug-likeness (QED) is 0.194. The molecule has 2 aliphatic rings. The smallest absolute Gasteiger partial charge is 0.357 e. The number of hydrogen-bond acceptors (Lipinski definition) is 11. The number of hydrogen-bond donors (Lipinski definition) is 5. The molecule has 0 aromatic carbocycles. The Bertz CT molecular complexity index is 1280. The van der Waals surface area contributed by atoms with Crippen LogP contribution in [0.15, 0.2) is 6.20 Å². The van der Waals surface area contributed by atoms with Gasteiger partial charge < -0.3 is 34.8 Å². The van der Waals surface area contributed by atoms with Crippen molar-refractivity contribution in [3.05, 3.63) is 11.5 Å². The van der Waals surface area contributed by atoms with E-state index >= 15 is 0 Å². The molecule has 3 heterocycles. The molecule has 2 aromatic heterocycles. The number of ether oxygens (including phenoxy) is 2. The predicted octanol–water partition coefficient (Wildman–Crippen LogP) is 0.799.